The van der Waals surface area contributed by atoms with Crippen molar-refractivity contribution in [1.29, 1.82) is 0 Å². The molecule has 2 aliphatic rings. The molecule has 2 heterocycles. The highest BCUT2D eigenvalue weighted by molar-refractivity contribution is 5.87. The van der Waals surface area contributed by atoms with Gasteiger partial charge >= 0.3 is 0 Å². The number of piperidine rings is 1. The molecule has 6 nitrogen and oxygen atoms in total. The summed E-state index contributed by atoms with van der Waals surface area (Å²) in [5.74, 6) is -0.564. The number of nitrogens with one attached hydrogen (secondary N) is 1. The smallest absolute Gasteiger partial charge is 0.245 e. The summed E-state index contributed by atoms with van der Waals surface area (Å²) >= 11 is 0. The quantitative estimate of drug-likeness (QED) is 0.571. The molecule has 1 unspecified atom stereocenters. The number of nitrogens with two attached hydrogens (primary N) is 1. The third-order valence-corrected chi connectivity index (χ3v) is 3.14. The van der Waals surface area contributed by atoms with E-state index in [9.17, 15) is 9.90 Å². The van der Waals surface area contributed by atoms with Crippen LogP contribution in [-0.2, 0) is 4.79 Å². The second kappa shape index (κ2) is 4.40. The van der Waals surface area contributed by atoms with Crippen LogP contribution in [0.25, 0.3) is 0 Å². The maximum Gasteiger partial charge on any atom is 0.245 e. The molecule has 6 heteroatoms. The van der Waals surface area contributed by atoms with E-state index in [1.807, 2.05) is 0 Å². The van der Waals surface area contributed by atoms with Gasteiger partial charge in [0.05, 0.1) is 6.61 Å². The summed E-state index contributed by atoms with van der Waals surface area (Å²) in [5.41, 5.74) is 7.08. The molecule has 4 N–H and O–H groups in total. The molecule has 0 spiro atoms. The molecule has 0 aromatic rings. The zero-order valence-electron chi connectivity index (χ0n) is 9.22. The van der Waals surface area contributed by atoms with Crippen molar-refractivity contribution in [2.45, 2.75) is 24.8 Å². The van der Waals surface area contributed by atoms with Crippen molar-refractivity contribution in [3.8, 4) is 0 Å². The van der Waals surface area contributed by atoms with E-state index in [4.69, 9.17) is 5.73 Å². The number of amides is 1. The third-order valence-electron chi connectivity index (χ3n) is 3.14. The molecule has 0 aromatic carbocycles. The van der Waals surface area contributed by atoms with Gasteiger partial charge < -0.3 is 10.8 Å². The summed E-state index contributed by atoms with van der Waals surface area (Å²) < 4.78 is 0. The van der Waals surface area contributed by atoms with Crippen molar-refractivity contribution >= 4 is 5.91 Å². The minimum atomic E-state index is -1.14. The van der Waals surface area contributed by atoms with Gasteiger partial charge in [0.1, 0.15) is 0 Å². The highest BCUT2D eigenvalue weighted by atomic mass is 16.3. The highest BCUT2D eigenvalue weighted by Gasteiger charge is 2.40. The van der Waals surface area contributed by atoms with Crippen molar-refractivity contribution in [2.24, 2.45) is 5.73 Å². The van der Waals surface area contributed by atoms with E-state index >= 15 is 0 Å². The molecule has 0 aliphatic carbocycles. The van der Waals surface area contributed by atoms with Crippen LogP contribution < -0.4 is 11.2 Å². The number of aliphatic hydroxyl groups excluding tert-OH is 1. The topological polar surface area (TPSA) is 81.8 Å². The standard InChI is InChI=1S/C10H18N4O2/c11-9(16)10(8-15)4-7-14(12-10)13-5-2-1-3-6-13/h4,7,12,15H,1-3,5-6,8H2,(H2,11,16). The van der Waals surface area contributed by atoms with Crippen LogP contribution in [0, 0.1) is 0 Å². The van der Waals surface area contributed by atoms with Gasteiger partial charge in [-0.1, -0.05) is 6.42 Å². The molecule has 0 bridgehead atoms. The first-order valence-electron chi connectivity index (χ1n) is 5.60. The van der Waals surface area contributed by atoms with Gasteiger partial charge in [0.25, 0.3) is 0 Å². The van der Waals surface area contributed by atoms with Crippen LogP contribution in [0.15, 0.2) is 12.3 Å². The average Bonchev–Trinajstić information content (AvgIpc) is 2.76. The van der Waals surface area contributed by atoms with Crippen molar-refractivity contribution in [2.75, 3.05) is 19.7 Å². The van der Waals surface area contributed by atoms with Gasteiger partial charge in [-0.05, 0) is 18.9 Å². The molecule has 2 rings (SSSR count). The van der Waals surface area contributed by atoms with Gasteiger partial charge in [-0.25, -0.2) is 10.1 Å². The number of hydrazine groups is 2. The minimum absolute atomic E-state index is 0.330. The summed E-state index contributed by atoms with van der Waals surface area (Å²) in [5, 5.41) is 13.1. The number of rotatable bonds is 3. The second-order valence-electron chi connectivity index (χ2n) is 4.28. The maximum absolute atomic E-state index is 11.3. The fourth-order valence-corrected chi connectivity index (χ4v) is 2.04. The van der Waals surface area contributed by atoms with Crippen LogP contribution in [0.3, 0.4) is 0 Å². The lowest BCUT2D eigenvalue weighted by atomic mass is 10.0. The van der Waals surface area contributed by atoms with Crippen LogP contribution in [-0.4, -0.2) is 46.4 Å². The van der Waals surface area contributed by atoms with Gasteiger partial charge in [0.15, 0.2) is 5.54 Å². The lowest BCUT2D eigenvalue weighted by Crippen LogP contribution is -2.61. The first kappa shape index (κ1) is 11.4. The molecule has 1 amide bonds. The zero-order valence-corrected chi connectivity index (χ0v) is 9.22. The first-order valence-corrected chi connectivity index (χ1v) is 5.60. The number of nitrogens with zero attached hydrogens (tertiary/aromatic N) is 2. The van der Waals surface area contributed by atoms with E-state index in [1.54, 1.807) is 17.4 Å². The summed E-state index contributed by atoms with van der Waals surface area (Å²) in [6.45, 7) is 1.58. The molecule has 1 fully saturated rings. The normalized spacial score (nSPS) is 30.9. The zero-order chi connectivity index (χ0) is 11.6. The molecule has 90 valence electrons. The molecule has 1 atom stereocenters. The Morgan fingerprint density at radius 2 is 2.12 bits per heavy atom. The Kier molecular flexibility index (Phi) is 3.13. The Labute approximate surface area is 94.6 Å². The van der Waals surface area contributed by atoms with Crippen LogP contribution in [0.1, 0.15) is 19.3 Å². The average molecular weight is 226 g/mol. The van der Waals surface area contributed by atoms with Crippen molar-refractivity contribution in [1.82, 2.24) is 15.6 Å². The molecular weight excluding hydrogens is 208 g/mol. The number of hydrogen-bond acceptors (Lipinski definition) is 5. The predicted octanol–water partition coefficient (Wildman–Crippen LogP) is -1.06. The molecule has 2 aliphatic heterocycles. The molecule has 16 heavy (non-hydrogen) atoms. The Morgan fingerprint density at radius 3 is 2.62 bits per heavy atom. The number of carbonyl (C=O) groups is 1. The monoisotopic (exact) mass is 226 g/mol. The molecule has 0 aromatic heterocycles. The summed E-state index contributed by atoms with van der Waals surface area (Å²) in [4.78, 5) is 11.3. The van der Waals surface area contributed by atoms with E-state index < -0.39 is 11.4 Å². The number of primary amides is 1. The van der Waals surface area contributed by atoms with Crippen LogP contribution in [0.4, 0.5) is 0 Å². The summed E-state index contributed by atoms with van der Waals surface area (Å²) in [7, 11) is 0. The van der Waals surface area contributed by atoms with Crippen LogP contribution in [0.2, 0.25) is 0 Å². The van der Waals surface area contributed by atoms with Crippen molar-refractivity contribution in [3.63, 3.8) is 0 Å². The van der Waals surface area contributed by atoms with E-state index in [1.165, 1.54) is 6.42 Å². The van der Waals surface area contributed by atoms with Crippen LogP contribution >= 0.6 is 0 Å². The Bertz CT molecular complexity index is 301. The largest absolute Gasteiger partial charge is 0.393 e. The number of aliphatic hydroxyl groups is 1. The minimum Gasteiger partial charge on any atom is -0.393 e. The van der Waals surface area contributed by atoms with E-state index in [2.05, 4.69) is 10.4 Å². The van der Waals surface area contributed by atoms with Gasteiger partial charge in [-0.15, -0.1) is 0 Å². The molecular formula is C10H18N4O2. The lowest BCUT2D eigenvalue weighted by molar-refractivity contribution is -0.129. The first-order chi connectivity index (χ1) is 7.68. The highest BCUT2D eigenvalue weighted by Crippen LogP contribution is 2.19. The molecule has 0 radical (unpaired) electrons. The van der Waals surface area contributed by atoms with Gasteiger partial charge in [0, 0.05) is 19.3 Å². The van der Waals surface area contributed by atoms with Gasteiger partial charge in [-0.2, -0.15) is 5.43 Å². The summed E-state index contributed by atoms with van der Waals surface area (Å²) in [6, 6.07) is 0. The third kappa shape index (κ3) is 1.91. The summed E-state index contributed by atoms with van der Waals surface area (Å²) in [6.07, 6.45) is 6.91. The van der Waals surface area contributed by atoms with E-state index in [0.717, 1.165) is 25.9 Å². The Balaban J connectivity index is 2.02. The SMILES string of the molecule is NC(=O)C1(CO)C=CN(N2CCCCC2)N1. The van der Waals surface area contributed by atoms with E-state index in [-0.39, 0.29) is 6.61 Å². The van der Waals surface area contributed by atoms with Crippen molar-refractivity contribution in [3.05, 3.63) is 12.3 Å². The fourth-order valence-electron chi connectivity index (χ4n) is 2.04. The molecule has 0 saturated carbocycles. The van der Waals surface area contributed by atoms with Gasteiger partial charge in [-0.3, -0.25) is 4.79 Å². The molecule has 1 saturated heterocycles. The number of hydrogen-bond donors (Lipinski definition) is 3. The van der Waals surface area contributed by atoms with E-state index in [0.29, 0.717) is 0 Å². The lowest BCUT2D eigenvalue weighted by Gasteiger charge is -2.37. The van der Waals surface area contributed by atoms with Crippen LogP contribution in [0.5, 0.6) is 0 Å². The number of carbonyl (C=O) groups excluding carboxylic acids is 1. The second-order valence-corrected chi connectivity index (χ2v) is 4.28. The Hall–Kier alpha value is -1.11. The predicted molar refractivity (Wildman–Crippen MR) is 58.5 cm³/mol. The van der Waals surface area contributed by atoms with Crippen molar-refractivity contribution < 1.29 is 9.90 Å². The maximum atomic E-state index is 11.3. The Morgan fingerprint density at radius 1 is 1.44 bits per heavy atom. The fraction of sp³-hybridized carbons (Fsp3) is 0.700. The van der Waals surface area contributed by atoms with Gasteiger partial charge in [0.2, 0.25) is 5.91 Å².